The van der Waals surface area contributed by atoms with Gasteiger partial charge in [0.05, 0.1) is 6.42 Å². The van der Waals surface area contributed by atoms with Crippen LogP contribution in [0.1, 0.15) is 62.1 Å². The Bertz CT molecular complexity index is 828. The number of nitrogens with zero attached hydrogens (tertiary/aromatic N) is 1. The van der Waals surface area contributed by atoms with Crippen molar-refractivity contribution in [2.24, 2.45) is 0 Å². The summed E-state index contributed by atoms with van der Waals surface area (Å²) in [6.45, 7) is 4.46. The maximum absolute atomic E-state index is 13.4. The van der Waals surface area contributed by atoms with Crippen LogP contribution < -0.4 is 5.32 Å². The summed E-state index contributed by atoms with van der Waals surface area (Å²) in [5, 5.41) is 3.23. The predicted molar refractivity (Wildman–Crippen MR) is 121 cm³/mol. The summed E-state index contributed by atoms with van der Waals surface area (Å²) < 4.78 is 0. The fourth-order valence-corrected chi connectivity index (χ4v) is 4.32. The molecule has 1 saturated carbocycles. The van der Waals surface area contributed by atoms with E-state index in [1.54, 1.807) is 4.90 Å². The first-order valence-corrected chi connectivity index (χ1v) is 11.3. The number of rotatable bonds is 8. The minimum atomic E-state index is -0.455. The van der Waals surface area contributed by atoms with Crippen molar-refractivity contribution in [1.82, 2.24) is 10.2 Å². The third-order valence-electron chi connectivity index (χ3n) is 6.14. The number of aryl methyl sites for hydroxylation is 1. The Morgan fingerprint density at radius 2 is 1.67 bits per heavy atom. The SMILES string of the molecule is CC[C@@H](C(=O)NC1CCCCC1)N(Cc1ccccc1)C(=O)Cc1ccccc1C. The van der Waals surface area contributed by atoms with Crippen LogP contribution in [-0.2, 0) is 22.6 Å². The van der Waals surface area contributed by atoms with E-state index in [9.17, 15) is 9.59 Å². The van der Waals surface area contributed by atoms with E-state index in [2.05, 4.69) is 5.32 Å². The van der Waals surface area contributed by atoms with Gasteiger partial charge < -0.3 is 10.2 Å². The Labute approximate surface area is 180 Å². The van der Waals surface area contributed by atoms with Crippen LogP contribution in [0.25, 0.3) is 0 Å². The van der Waals surface area contributed by atoms with Crippen LogP contribution in [0.5, 0.6) is 0 Å². The number of amides is 2. The molecule has 0 radical (unpaired) electrons. The van der Waals surface area contributed by atoms with Gasteiger partial charge in [0.15, 0.2) is 0 Å². The van der Waals surface area contributed by atoms with Crippen molar-refractivity contribution in [3.8, 4) is 0 Å². The van der Waals surface area contributed by atoms with E-state index in [0.29, 0.717) is 19.4 Å². The van der Waals surface area contributed by atoms with Crippen molar-refractivity contribution >= 4 is 11.8 Å². The van der Waals surface area contributed by atoms with Crippen LogP contribution in [0.15, 0.2) is 54.6 Å². The standard InChI is InChI=1S/C26H34N2O2/c1-3-24(26(30)27-23-16-8-5-9-17-23)28(19-21-13-6-4-7-14-21)25(29)18-22-15-11-10-12-20(22)2/h4,6-7,10-15,23-24H,3,5,8-9,16-19H2,1-2H3,(H,27,30)/t24-/m0/s1. The number of carbonyl (C=O) groups is 2. The lowest BCUT2D eigenvalue weighted by atomic mass is 9.95. The Morgan fingerprint density at radius 1 is 1.00 bits per heavy atom. The first kappa shape index (κ1) is 22.1. The maximum Gasteiger partial charge on any atom is 0.243 e. The Kier molecular flexibility index (Phi) is 8.06. The van der Waals surface area contributed by atoms with Gasteiger partial charge in [-0.05, 0) is 42.9 Å². The molecule has 2 aromatic rings. The van der Waals surface area contributed by atoms with Gasteiger partial charge in [0.25, 0.3) is 0 Å². The minimum absolute atomic E-state index is 0.00111. The molecular weight excluding hydrogens is 372 g/mol. The fraction of sp³-hybridized carbons (Fsp3) is 0.462. The molecule has 4 nitrogen and oxygen atoms in total. The summed E-state index contributed by atoms with van der Waals surface area (Å²) >= 11 is 0. The molecule has 2 amide bonds. The summed E-state index contributed by atoms with van der Waals surface area (Å²) in [7, 11) is 0. The van der Waals surface area contributed by atoms with E-state index in [4.69, 9.17) is 0 Å². The molecular formula is C26H34N2O2. The number of nitrogens with one attached hydrogen (secondary N) is 1. The summed E-state index contributed by atoms with van der Waals surface area (Å²) in [6.07, 6.45) is 6.58. The number of carbonyl (C=O) groups excluding carboxylic acids is 2. The van der Waals surface area contributed by atoms with Crippen LogP contribution in [-0.4, -0.2) is 28.8 Å². The summed E-state index contributed by atoms with van der Waals surface area (Å²) in [5.74, 6) is -0.0164. The van der Waals surface area contributed by atoms with Crippen molar-refractivity contribution in [3.63, 3.8) is 0 Å². The molecule has 1 atom stereocenters. The number of hydrogen-bond donors (Lipinski definition) is 1. The highest BCUT2D eigenvalue weighted by atomic mass is 16.2. The molecule has 30 heavy (non-hydrogen) atoms. The predicted octanol–water partition coefficient (Wildman–Crippen LogP) is 4.79. The zero-order valence-electron chi connectivity index (χ0n) is 18.3. The Morgan fingerprint density at radius 3 is 2.33 bits per heavy atom. The van der Waals surface area contributed by atoms with Gasteiger partial charge in [-0.3, -0.25) is 9.59 Å². The van der Waals surface area contributed by atoms with Gasteiger partial charge in [0.1, 0.15) is 6.04 Å². The lowest BCUT2D eigenvalue weighted by Crippen LogP contribution is -2.52. The van der Waals surface area contributed by atoms with Crippen molar-refractivity contribution < 1.29 is 9.59 Å². The minimum Gasteiger partial charge on any atom is -0.352 e. The quantitative estimate of drug-likeness (QED) is 0.685. The second-order valence-electron chi connectivity index (χ2n) is 8.38. The molecule has 1 fully saturated rings. The molecule has 0 bridgehead atoms. The van der Waals surface area contributed by atoms with E-state index in [-0.39, 0.29) is 17.9 Å². The lowest BCUT2D eigenvalue weighted by Gasteiger charge is -2.33. The van der Waals surface area contributed by atoms with Crippen LogP contribution in [0, 0.1) is 6.92 Å². The molecule has 0 aromatic heterocycles. The summed E-state index contributed by atoms with van der Waals surface area (Å²) in [6, 6.07) is 17.7. The van der Waals surface area contributed by atoms with Gasteiger partial charge in [-0.2, -0.15) is 0 Å². The van der Waals surface area contributed by atoms with Crippen LogP contribution in [0.4, 0.5) is 0 Å². The van der Waals surface area contributed by atoms with Gasteiger partial charge in [0, 0.05) is 12.6 Å². The molecule has 1 aliphatic rings. The summed E-state index contributed by atoms with van der Waals surface area (Å²) in [5.41, 5.74) is 3.16. The zero-order chi connectivity index (χ0) is 21.3. The molecule has 0 unspecified atom stereocenters. The van der Waals surface area contributed by atoms with Crippen molar-refractivity contribution in [2.45, 2.75) is 77.4 Å². The smallest absolute Gasteiger partial charge is 0.243 e. The van der Waals surface area contributed by atoms with E-state index < -0.39 is 6.04 Å². The van der Waals surface area contributed by atoms with E-state index >= 15 is 0 Å². The van der Waals surface area contributed by atoms with E-state index in [0.717, 1.165) is 29.5 Å². The van der Waals surface area contributed by atoms with Gasteiger partial charge in [-0.25, -0.2) is 0 Å². The first-order valence-electron chi connectivity index (χ1n) is 11.3. The van der Waals surface area contributed by atoms with Crippen molar-refractivity contribution in [2.75, 3.05) is 0 Å². The van der Waals surface area contributed by atoms with Crippen molar-refractivity contribution in [3.05, 3.63) is 71.3 Å². The normalized spacial score (nSPS) is 15.4. The molecule has 0 spiro atoms. The van der Waals surface area contributed by atoms with Crippen LogP contribution in [0.3, 0.4) is 0 Å². The average molecular weight is 407 g/mol. The third-order valence-corrected chi connectivity index (χ3v) is 6.14. The zero-order valence-corrected chi connectivity index (χ0v) is 18.3. The maximum atomic E-state index is 13.4. The Hall–Kier alpha value is -2.62. The van der Waals surface area contributed by atoms with E-state index in [1.165, 1.54) is 19.3 Å². The highest BCUT2D eigenvalue weighted by Crippen LogP contribution is 2.20. The molecule has 160 valence electrons. The molecule has 2 aromatic carbocycles. The molecule has 4 heteroatoms. The molecule has 3 rings (SSSR count). The van der Waals surface area contributed by atoms with E-state index in [1.807, 2.05) is 68.4 Å². The van der Waals surface area contributed by atoms with Gasteiger partial charge >= 0.3 is 0 Å². The van der Waals surface area contributed by atoms with Crippen molar-refractivity contribution in [1.29, 1.82) is 0 Å². The second-order valence-corrected chi connectivity index (χ2v) is 8.38. The fourth-order valence-electron chi connectivity index (χ4n) is 4.32. The molecule has 1 aliphatic carbocycles. The number of hydrogen-bond acceptors (Lipinski definition) is 2. The largest absolute Gasteiger partial charge is 0.352 e. The highest BCUT2D eigenvalue weighted by molar-refractivity contribution is 5.88. The van der Waals surface area contributed by atoms with Crippen LogP contribution >= 0.6 is 0 Å². The Balaban J connectivity index is 1.79. The molecule has 1 N–H and O–H groups in total. The van der Waals surface area contributed by atoms with Gasteiger partial charge in [0.2, 0.25) is 11.8 Å². The second kappa shape index (κ2) is 11.0. The molecule has 0 saturated heterocycles. The first-order chi connectivity index (χ1) is 14.6. The monoisotopic (exact) mass is 406 g/mol. The van der Waals surface area contributed by atoms with Gasteiger partial charge in [-0.1, -0.05) is 80.8 Å². The lowest BCUT2D eigenvalue weighted by molar-refractivity contribution is -0.141. The molecule has 0 aliphatic heterocycles. The topological polar surface area (TPSA) is 49.4 Å². The number of benzene rings is 2. The molecule has 0 heterocycles. The average Bonchev–Trinajstić information content (AvgIpc) is 2.76. The van der Waals surface area contributed by atoms with Crippen LogP contribution in [0.2, 0.25) is 0 Å². The highest BCUT2D eigenvalue weighted by Gasteiger charge is 2.30. The van der Waals surface area contributed by atoms with Gasteiger partial charge in [-0.15, -0.1) is 0 Å². The summed E-state index contributed by atoms with van der Waals surface area (Å²) in [4.78, 5) is 28.4. The third kappa shape index (κ3) is 5.94.